The lowest BCUT2D eigenvalue weighted by molar-refractivity contribution is -0.137. The Morgan fingerprint density at radius 1 is 1.18 bits per heavy atom. The van der Waals surface area contributed by atoms with Crippen LogP contribution >= 0.6 is 11.6 Å². The largest absolute Gasteiger partial charge is 0.478 e. The van der Waals surface area contributed by atoms with Crippen molar-refractivity contribution in [3.8, 4) is 11.7 Å². The van der Waals surface area contributed by atoms with Crippen LogP contribution in [-0.2, 0) is 23.0 Å². The van der Waals surface area contributed by atoms with Gasteiger partial charge in [0.1, 0.15) is 12.2 Å². The summed E-state index contributed by atoms with van der Waals surface area (Å²) < 4.78 is 45.0. The first-order valence-corrected chi connectivity index (χ1v) is 10.7. The molecule has 0 aliphatic heterocycles. The molecular weight excluding hydrogens is 473 g/mol. The van der Waals surface area contributed by atoms with Crippen molar-refractivity contribution in [3.05, 3.63) is 74.2 Å². The summed E-state index contributed by atoms with van der Waals surface area (Å²) >= 11 is 5.97. The van der Waals surface area contributed by atoms with E-state index in [1.807, 2.05) is 24.3 Å². The molecule has 2 aromatic heterocycles. The Balaban J connectivity index is 1.81. The number of ether oxygens (including phenoxy) is 1. The smallest absolute Gasteiger partial charge is 0.417 e. The van der Waals surface area contributed by atoms with Crippen molar-refractivity contribution in [1.82, 2.24) is 14.8 Å². The molecule has 0 aliphatic rings. The van der Waals surface area contributed by atoms with Gasteiger partial charge in [0.15, 0.2) is 5.82 Å². The zero-order valence-electron chi connectivity index (χ0n) is 19.0. The van der Waals surface area contributed by atoms with Crippen molar-refractivity contribution in [2.45, 2.75) is 45.9 Å². The number of aromatic amines is 1. The van der Waals surface area contributed by atoms with Crippen LogP contribution in [0.15, 0.2) is 46.5 Å². The van der Waals surface area contributed by atoms with Crippen molar-refractivity contribution in [2.75, 3.05) is 6.61 Å². The van der Waals surface area contributed by atoms with E-state index in [1.165, 1.54) is 11.8 Å². The third-order valence-corrected chi connectivity index (χ3v) is 5.13. The Kier molecular flexibility index (Phi) is 7.40. The number of pyridine rings is 1. The number of benzene rings is 1. The summed E-state index contributed by atoms with van der Waals surface area (Å²) in [6.07, 6.45) is -2.85. The quantitative estimate of drug-likeness (QED) is 0.347. The van der Waals surface area contributed by atoms with Gasteiger partial charge in [-0.3, -0.25) is 9.89 Å². The van der Waals surface area contributed by atoms with Crippen LogP contribution in [0.4, 0.5) is 13.2 Å². The van der Waals surface area contributed by atoms with E-state index in [-0.39, 0.29) is 40.9 Å². The van der Waals surface area contributed by atoms with Crippen molar-refractivity contribution in [2.24, 2.45) is 5.16 Å². The van der Waals surface area contributed by atoms with Crippen molar-refractivity contribution in [3.63, 3.8) is 0 Å². The molecule has 0 bridgehead atoms. The molecule has 3 rings (SSSR count). The van der Waals surface area contributed by atoms with Gasteiger partial charge in [-0.15, -0.1) is 0 Å². The zero-order valence-corrected chi connectivity index (χ0v) is 19.8. The number of rotatable bonds is 7. The summed E-state index contributed by atoms with van der Waals surface area (Å²) in [5.41, 5.74) is 0.414. The predicted molar refractivity (Wildman–Crippen MR) is 123 cm³/mol. The fraction of sp³-hybridized carbons (Fsp3) is 0.348. The molecule has 0 fully saturated rings. The maximum absolute atomic E-state index is 12.9. The molecule has 0 radical (unpaired) electrons. The van der Waals surface area contributed by atoms with Gasteiger partial charge in [-0.25, -0.2) is 4.98 Å². The first-order valence-electron chi connectivity index (χ1n) is 10.4. The fourth-order valence-corrected chi connectivity index (χ4v) is 3.25. The normalized spacial score (nSPS) is 12.4. The van der Waals surface area contributed by atoms with E-state index >= 15 is 0 Å². The van der Waals surface area contributed by atoms with E-state index in [9.17, 15) is 18.0 Å². The monoisotopic (exact) mass is 496 g/mol. The number of nitrogens with one attached hydrogen (secondary N) is 1. The van der Waals surface area contributed by atoms with Crippen LogP contribution in [0, 0.1) is 0 Å². The molecule has 7 nitrogen and oxygen atoms in total. The summed E-state index contributed by atoms with van der Waals surface area (Å²) in [6.45, 7) is 8.46. The summed E-state index contributed by atoms with van der Waals surface area (Å²) in [5.74, 6) is -0.160. The highest BCUT2D eigenvalue weighted by molar-refractivity contribution is 6.32. The van der Waals surface area contributed by atoms with E-state index in [4.69, 9.17) is 21.2 Å². The van der Waals surface area contributed by atoms with Gasteiger partial charge in [0.25, 0.3) is 5.56 Å². The van der Waals surface area contributed by atoms with Crippen LogP contribution in [0.5, 0.6) is 5.88 Å². The Labute approximate surface area is 199 Å². The molecule has 0 amide bonds. The maximum Gasteiger partial charge on any atom is 0.417 e. The zero-order chi connectivity index (χ0) is 25.1. The summed E-state index contributed by atoms with van der Waals surface area (Å²) in [6, 6.07) is 8.59. The van der Waals surface area contributed by atoms with Crippen LogP contribution < -0.4 is 10.3 Å². The number of aromatic nitrogens is 3. The average molecular weight is 497 g/mol. The molecule has 11 heteroatoms. The van der Waals surface area contributed by atoms with Crippen LogP contribution in [0.3, 0.4) is 0 Å². The average Bonchev–Trinajstić information content (AvgIpc) is 3.05. The van der Waals surface area contributed by atoms with Gasteiger partial charge >= 0.3 is 6.18 Å². The summed E-state index contributed by atoms with van der Waals surface area (Å²) in [5, 5.41) is 6.14. The minimum Gasteiger partial charge on any atom is -0.478 e. The molecule has 1 aromatic carbocycles. The summed E-state index contributed by atoms with van der Waals surface area (Å²) in [4.78, 5) is 21.9. The lowest BCUT2D eigenvalue weighted by atomic mass is 9.87. The molecule has 0 atom stereocenters. The van der Waals surface area contributed by atoms with Crippen LogP contribution in [0.25, 0.3) is 5.82 Å². The standard InChI is InChI=1S/C23H24ClF3N4O3/c1-5-33-20-17(12-29-34-13-14-6-8-15(9-7-14)22(2,3)4)21(32)31(30-20)19-18(24)10-16(11-28-19)23(25,26)27/h6-12,30H,5,13H2,1-4H3/b29-12+. The number of hydrogen-bond acceptors (Lipinski definition) is 5. The van der Waals surface area contributed by atoms with Crippen LogP contribution in [-0.4, -0.2) is 27.6 Å². The number of alkyl halides is 3. The Morgan fingerprint density at radius 2 is 1.85 bits per heavy atom. The Bertz CT molecular complexity index is 1230. The van der Waals surface area contributed by atoms with Gasteiger partial charge in [-0.2, -0.15) is 17.9 Å². The maximum atomic E-state index is 12.9. The van der Waals surface area contributed by atoms with Crippen molar-refractivity contribution >= 4 is 17.8 Å². The first-order chi connectivity index (χ1) is 15.9. The third-order valence-electron chi connectivity index (χ3n) is 4.85. The predicted octanol–water partition coefficient (Wildman–Crippen LogP) is 5.48. The number of nitrogens with zero attached hydrogens (tertiary/aromatic N) is 3. The second-order valence-corrected chi connectivity index (χ2v) is 8.82. The SMILES string of the molecule is CCOc1[nH]n(-c2ncc(C(F)(F)F)cc2Cl)c(=O)c1/C=N/OCc1ccc(C(C)(C)C)cc1. The third kappa shape index (κ3) is 5.80. The van der Waals surface area contributed by atoms with Crippen LogP contribution in [0.2, 0.25) is 5.02 Å². The fourth-order valence-electron chi connectivity index (χ4n) is 3.00. The van der Waals surface area contributed by atoms with E-state index in [0.29, 0.717) is 12.3 Å². The van der Waals surface area contributed by atoms with E-state index < -0.39 is 17.3 Å². The summed E-state index contributed by atoms with van der Waals surface area (Å²) in [7, 11) is 0. The van der Waals surface area contributed by atoms with Gasteiger partial charge in [0, 0.05) is 6.20 Å². The number of H-pyrrole nitrogens is 1. The van der Waals surface area contributed by atoms with E-state index in [2.05, 4.69) is 36.0 Å². The van der Waals surface area contributed by atoms with E-state index in [0.717, 1.165) is 10.2 Å². The molecular formula is C23H24ClF3N4O3. The highest BCUT2D eigenvalue weighted by Crippen LogP contribution is 2.31. The molecule has 0 unspecified atom stereocenters. The van der Waals surface area contributed by atoms with Gasteiger partial charge in [-0.1, -0.05) is 61.8 Å². The van der Waals surface area contributed by atoms with Gasteiger partial charge < -0.3 is 9.57 Å². The molecule has 0 aliphatic carbocycles. The van der Waals surface area contributed by atoms with Crippen molar-refractivity contribution in [1.29, 1.82) is 0 Å². The molecule has 0 saturated heterocycles. The topological polar surface area (TPSA) is 81.5 Å². The number of oxime groups is 1. The Hall–Kier alpha value is -3.27. The molecule has 3 aromatic rings. The van der Waals surface area contributed by atoms with Gasteiger partial charge in [-0.05, 0) is 29.5 Å². The molecule has 182 valence electrons. The first kappa shape index (κ1) is 25.4. The molecule has 0 saturated carbocycles. The minimum atomic E-state index is -4.62. The lowest BCUT2D eigenvalue weighted by Gasteiger charge is -2.18. The molecule has 0 spiro atoms. The molecule has 34 heavy (non-hydrogen) atoms. The second-order valence-electron chi connectivity index (χ2n) is 8.41. The van der Waals surface area contributed by atoms with Crippen molar-refractivity contribution < 1.29 is 22.7 Å². The van der Waals surface area contributed by atoms with E-state index in [1.54, 1.807) is 6.92 Å². The highest BCUT2D eigenvalue weighted by Gasteiger charge is 2.32. The Morgan fingerprint density at radius 3 is 2.41 bits per heavy atom. The number of hydrogen-bond donors (Lipinski definition) is 1. The van der Waals surface area contributed by atoms with Gasteiger partial charge in [0.2, 0.25) is 5.88 Å². The minimum absolute atomic E-state index is 0.00250. The molecule has 1 N–H and O–H groups in total. The lowest BCUT2D eigenvalue weighted by Crippen LogP contribution is -2.19. The van der Waals surface area contributed by atoms with Gasteiger partial charge in [0.05, 0.1) is 23.4 Å². The molecule has 2 heterocycles. The second kappa shape index (κ2) is 9.92. The number of halogens is 4. The van der Waals surface area contributed by atoms with Crippen LogP contribution in [0.1, 0.15) is 49.9 Å². The highest BCUT2D eigenvalue weighted by atomic mass is 35.5.